The number of hydrogen-bond donors (Lipinski definition) is 1. The SMILES string of the molecule is CC(N[C@H]1CC[C@H](C(C)C)CC1)C(F)F. The normalized spacial score (nSPS) is 29.8. The standard InChI is InChI=1S/C12H23F2N/c1-8(2)10-4-6-11(7-5-10)15-9(3)12(13)14/h8-12,15H,4-7H2,1-3H3/t9?,10-,11-. The summed E-state index contributed by atoms with van der Waals surface area (Å²) in [5, 5.41) is 3.03. The fourth-order valence-corrected chi connectivity index (χ4v) is 2.40. The minimum absolute atomic E-state index is 0.309. The number of nitrogens with one attached hydrogen (secondary N) is 1. The van der Waals surface area contributed by atoms with E-state index in [0.29, 0.717) is 6.04 Å². The molecular formula is C12H23F2N. The summed E-state index contributed by atoms with van der Waals surface area (Å²) >= 11 is 0. The highest BCUT2D eigenvalue weighted by Crippen LogP contribution is 2.30. The van der Waals surface area contributed by atoms with Crippen LogP contribution in [0, 0.1) is 11.8 Å². The van der Waals surface area contributed by atoms with Gasteiger partial charge in [-0.3, -0.25) is 0 Å². The first-order chi connectivity index (χ1) is 7.00. The molecule has 0 heterocycles. The molecule has 0 aromatic heterocycles. The Morgan fingerprint density at radius 2 is 1.53 bits per heavy atom. The highest BCUT2D eigenvalue weighted by molar-refractivity contribution is 4.80. The lowest BCUT2D eigenvalue weighted by Crippen LogP contribution is -2.42. The lowest BCUT2D eigenvalue weighted by molar-refractivity contribution is 0.0926. The maximum atomic E-state index is 12.3. The molecule has 0 bridgehead atoms. The first-order valence-electron chi connectivity index (χ1n) is 6.05. The molecule has 0 amide bonds. The summed E-state index contributed by atoms with van der Waals surface area (Å²) in [5.41, 5.74) is 0. The van der Waals surface area contributed by atoms with Gasteiger partial charge in [0.05, 0.1) is 6.04 Å². The Morgan fingerprint density at radius 3 is 1.93 bits per heavy atom. The molecule has 1 saturated carbocycles. The van der Waals surface area contributed by atoms with Gasteiger partial charge >= 0.3 is 0 Å². The van der Waals surface area contributed by atoms with Gasteiger partial charge in [0.2, 0.25) is 0 Å². The molecule has 0 saturated heterocycles. The third-order valence-electron chi connectivity index (χ3n) is 3.59. The van der Waals surface area contributed by atoms with Crippen LogP contribution in [-0.2, 0) is 0 Å². The Kier molecular flexibility index (Phi) is 4.97. The summed E-state index contributed by atoms with van der Waals surface area (Å²) in [6.45, 7) is 6.07. The quantitative estimate of drug-likeness (QED) is 0.763. The Bertz CT molecular complexity index is 174. The monoisotopic (exact) mass is 219 g/mol. The zero-order chi connectivity index (χ0) is 11.4. The van der Waals surface area contributed by atoms with Crippen molar-refractivity contribution in [3.05, 3.63) is 0 Å². The van der Waals surface area contributed by atoms with Gasteiger partial charge in [-0.25, -0.2) is 8.78 Å². The van der Waals surface area contributed by atoms with Gasteiger partial charge in [0, 0.05) is 6.04 Å². The second kappa shape index (κ2) is 5.78. The van der Waals surface area contributed by atoms with Crippen LogP contribution in [0.15, 0.2) is 0 Å². The molecule has 1 aliphatic rings. The summed E-state index contributed by atoms with van der Waals surface area (Å²) in [6.07, 6.45) is 2.24. The van der Waals surface area contributed by atoms with E-state index in [1.165, 1.54) is 12.8 Å². The topological polar surface area (TPSA) is 12.0 Å². The maximum absolute atomic E-state index is 12.3. The van der Waals surface area contributed by atoms with E-state index >= 15 is 0 Å². The third-order valence-corrected chi connectivity index (χ3v) is 3.59. The predicted molar refractivity (Wildman–Crippen MR) is 59.2 cm³/mol. The van der Waals surface area contributed by atoms with Gasteiger partial charge in [-0.1, -0.05) is 13.8 Å². The zero-order valence-corrected chi connectivity index (χ0v) is 9.97. The lowest BCUT2D eigenvalue weighted by Gasteiger charge is -2.32. The van der Waals surface area contributed by atoms with Crippen molar-refractivity contribution in [1.82, 2.24) is 5.32 Å². The van der Waals surface area contributed by atoms with Gasteiger partial charge in [0.1, 0.15) is 0 Å². The Labute approximate surface area is 91.6 Å². The van der Waals surface area contributed by atoms with E-state index in [4.69, 9.17) is 0 Å². The molecule has 1 fully saturated rings. The van der Waals surface area contributed by atoms with Crippen LogP contribution < -0.4 is 5.32 Å². The van der Waals surface area contributed by atoms with Gasteiger partial charge in [-0.15, -0.1) is 0 Å². The minimum Gasteiger partial charge on any atom is -0.306 e. The van der Waals surface area contributed by atoms with Crippen LogP contribution in [0.2, 0.25) is 0 Å². The molecule has 15 heavy (non-hydrogen) atoms. The molecule has 1 aliphatic carbocycles. The van der Waals surface area contributed by atoms with Gasteiger partial charge in [-0.2, -0.15) is 0 Å². The average Bonchev–Trinajstić information content (AvgIpc) is 2.18. The number of hydrogen-bond acceptors (Lipinski definition) is 1. The first-order valence-corrected chi connectivity index (χ1v) is 6.05. The van der Waals surface area contributed by atoms with Crippen molar-refractivity contribution in [3.63, 3.8) is 0 Å². The van der Waals surface area contributed by atoms with Crippen LogP contribution >= 0.6 is 0 Å². The fraction of sp³-hybridized carbons (Fsp3) is 1.00. The summed E-state index contributed by atoms with van der Waals surface area (Å²) in [5.74, 6) is 1.53. The second-order valence-electron chi connectivity index (χ2n) is 5.15. The maximum Gasteiger partial charge on any atom is 0.253 e. The third kappa shape index (κ3) is 4.06. The number of alkyl halides is 2. The van der Waals surface area contributed by atoms with Crippen LogP contribution in [0.4, 0.5) is 8.78 Å². The smallest absolute Gasteiger partial charge is 0.253 e. The van der Waals surface area contributed by atoms with E-state index in [1.54, 1.807) is 6.92 Å². The largest absolute Gasteiger partial charge is 0.306 e. The van der Waals surface area contributed by atoms with Crippen LogP contribution in [0.5, 0.6) is 0 Å². The van der Waals surface area contributed by atoms with Crippen molar-refractivity contribution in [2.24, 2.45) is 11.8 Å². The molecule has 0 aliphatic heterocycles. The van der Waals surface area contributed by atoms with Gasteiger partial charge in [0.15, 0.2) is 0 Å². The van der Waals surface area contributed by atoms with Crippen LogP contribution in [0.3, 0.4) is 0 Å². The first kappa shape index (κ1) is 12.9. The zero-order valence-electron chi connectivity index (χ0n) is 9.97. The molecular weight excluding hydrogens is 196 g/mol. The van der Waals surface area contributed by atoms with E-state index in [0.717, 1.165) is 24.7 Å². The molecule has 90 valence electrons. The van der Waals surface area contributed by atoms with Crippen LogP contribution in [0.25, 0.3) is 0 Å². The van der Waals surface area contributed by atoms with E-state index in [2.05, 4.69) is 19.2 Å². The van der Waals surface area contributed by atoms with E-state index in [-0.39, 0.29) is 0 Å². The molecule has 3 heteroatoms. The predicted octanol–water partition coefficient (Wildman–Crippen LogP) is 3.44. The fourth-order valence-electron chi connectivity index (χ4n) is 2.40. The Morgan fingerprint density at radius 1 is 1.00 bits per heavy atom. The molecule has 0 spiro atoms. The van der Waals surface area contributed by atoms with E-state index in [1.807, 2.05) is 0 Å². The molecule has 1 atom stereocenters. The van der Waals surface area contributed by atoms with Crippen molar-refractivity contribution in [3.8, 4) is 0 Å². The van der Waals surface area contributed by atoms with Crippen molar-refractivity contribution in [1.29, 1.82) is 0 Å². The molecule has 0 aromatic rings. The van der Waals surface area contributed by atoms with E-state index in [9.17, 15) is 8.78 Å². The summed E-state index contributed by atoms with van der Waals surface area (Å²) in [4.78, 5) is 0. The van der Waals surface area contributed by atoms with Crippen molar-refractivity contribution in [2.45, 2.75) is 65.0 Å². The molecule has 1 nitrogen and oxygen atoms in total. The summed E-state index contributed by atoms with van der Waals surface area (Å²) in [6, 6.07) is -0.352. The second-order valence-corrected chi connectivity index (χ2v) is 5.15. The van der Waals surface area contributed by atoms with Crippen molar-refractivity contribution in [2.75, 3.05) is 0 Å². The lowest BCUT2D eigenvalue weighted by atomic mass is 9.79. The Hall–Kier alpha value is -0.180. The summed E-state index contributed by atoms with van der Waals surface area (Å²) < 4.78 is 24.7. The van der Waals surface area contributed by atoms with Crippen LogP contribution in [-0.4, -0.2) is 18.5 Å². The molecule has 0 radical (unpaired) electrons. The molecule has 1 unspecified atom stereocenters. The van der Waals surface area contributed by atoms with Crippen LogP contribution in [0.1, 0.15) is 46.5 Å². The van der Waals surface area contributed by atoms with Gasteiger partial charge < -0.3 is 5.32 Å². The minimum atomic E-state index is -2.24. The Balaban J connectivity index is 2.25. The van der Waals surface area contributed by atoms with E-state index < -0.39 is 12.5 Å². The average molecular weight is 219 g/mol. The number of rotatable bonds is 4. The molecule has 0 aromatic carbocycles. The van der Waals surface area contributed by atoms with Crippen molar-refractivity contribution >= 4 is 0 Å². The highest BCUT2D eigenvalue weighted by atomic mass is 19.3. The van der Waals surface area contributed by atoms with Gasteiger partial charge in [-0.05, 0) is 44.4 Å². The van der Waals surface area contributed by atoms with Gasteiger partial charge in [0.25, 0.3) is 6.43 Å². The van der Waals surface area contributed by atoms with Crippen molar-refractivity contribution < 1.29 is 8.78 Å². The number of halogens is 2. The molecule has 1 N–H and O–H groups in total. The molecule has 1 rings (SSSR count). The highest BCUT2D eigenvalue weighted by Gasteiger charge is 2.25. The summed E-state index contributed by atoms with van der Waals surface area (Å²) in [7, 11) is 0.